The molecule has 0 saturated carbocycles. The summed E-state index contributed by atoms with van der Waals surface area (Å²) in [4.78, 5) is 0. The molecule has 0 radical (unpaired) electrons. The van der Waals surface area contributed by atoms with Crippen LogP contribution >= 0.6 is 31.9 Å². The maximum Gasteiger partial charge on any atom is 0.0665 e. The standard InChI is InChI=1S/C11H24Br2N2/c1-8(2,10(5,13)7-12)9(3,4)11(6,14)15/h7,14-15H2,1-6H3. The molecule has 92 valence electrons. The van der Waals surface area contributed by atoms with E-state index < -0.39 is 5.66 Å². The van der Waals surface area contributed by atoms with E-state index in [1.54, 1.807) is 0 Å². The fourth-order valence-electron chi connectivity index (χ4n) is 1.49. The maximum absolute atomic E-state index is 6.09. The van der Waals surface area contributed by atoms with E-state index in [0.717, 1.165) is 5.33 Å². The van der Waals surface area contributed by atoms with Crippen LogP contribution in [-0.2, 0) is 0 Å². The van der Waals surface area contributed by atoms with Crippen molar-refractivity contribution in [3.05, 3.63) is 0 Å². The predicted octanol–water partition coefficient (Wildman–Crippen LogP) is 3.22. The number of hydrogen-bond acceptors (Lipinski definition) is 2. The summed E-state index contributed by atoms with van der Waals surface area (Å²) in [5.41, 5.74) is 11.2. The van der Waals surface area contributed by atoms with Crippen LogP contribution in [0, 0.1) is 10.8 Å². The van der Waals surface area contributed by atoms with Crippen LogP contribution in [-0.4, -0.2) is 15.3 Å². The van der Waals surface area contributed by atoms with Crippen LogP contribution < -0.4 is 11.5 Å². The summed E-state index contributed by atoms with van der Waals surface area (Å²) in [6.45, 7) is 12.7. The molecule has 0 bridgehead atoms. The van der Waals surface area contributed by atoms with E-state index in [9.17, 15) is 0 Å². The SMILES string of the molecule is CC(N)(N)C(C)(C)C(C)(C)C(C)(Br)CBr. The second-order valence-electron chi connectivity index (χ2n) is 5.86. The lowest BCUT2D eigenvalue weighted by Crippen LogP contribution is -2.66. The largest absolute Gasteiger partial charge is 0.313 e. The van der Waals surface area contributed by atoms with Gasteiger partial charge < -0.3 is 11.5 Å². The summed E-state index contributed by atoms with van der Waals surface area (Å²) in [6, 6.07) is 0. The average molecular weight is 344 g/mol. The van der Waals surface area contributed by atoms with Crippen molar-refractivity contribution in [1.29, 1.82) is 0 Å². The van der Waals surface area contributed by atoms with Crippen LogP contribution in [0.1, 0.15) is 41.5 Å². The van der Waals surface area contributed by atoms with Crippen LogP contribution in [0.3, 0.4) is 0 Å². The van der Waals surface area contributed by atoms with Crippen molar-refractivity contribution in [2.24, 2.45) is 22.3 Å². The van der Waals surface area contributed by atoms with Gasteiger partial charge in [-0.3, -0.25) is 0 Å². The quantitative estimate of drug-likeness (QED) is 0.608. The minimum absolute atomic E-state index is 0.0521. The molecule has 4 heteroatoms. The highest BCUT2D eigenvalue weighted by Crippen LogP contribution is 2.54. The van der Waals surface area contributed by atoms with Crippen LogP contribution in [0.5, 0.6) is 0 Å². The smallest absolute Gasteiger partial charge is 0.0665 e. The van der Waals surface area contributed by atoms with Crippen molar-refractivity contribution in [3.8, 4) is 0 Å². The molecule has 0 aromatic rings. The van der Waals surface area contributed by atoms with Crippen LogP contribution in [0.2, 0.25) is 0 Å². The zero-order valence-corrected chi connectivity index (χ0v) is 13.8. The third-order valence-electron chi connectivity index (χ3n) is 4.46. The molecule has 0 spiro atoms. The van der Waals surface area contributed by atoms with Gasteiger partial charge in [-0.05, 0) is 19.3 Å². The molecule has 1 unspecified atom stereocenters. The Balaban J connectivity index is 5.38. The zero-order chi connectivity index (χ0) is 12.7. The molecule has 0 fully saturated rings. The highest BCUT2D eigenvalue weighted by molar-refractivity contribution is 9.12. The highest BCUT2D eigenvalue weighted by atomic mass is 79.9. The summed E-state index contributed by atoms with van der Waals surface area (Å²) < 4.78 is -0.0521. The molecule has 0 aliphatic heterocycles. The Morgan fingerprint density at radius 3 is 1.40 bits per heavy atom. The molecule has 0 saturated heterocycles. The fraction of sp³-hybridized carbons (Fsp3) is 1.00. The third kappa shape index (κ3) is 2.59. The Kier molecular flexibility index (Phi) is 4.53. The first-order valence-corrected chi connectivity index (χ1v) is 7.05. The van der Waals surface area contributed by atoms with Crippen molar-refractivity contribution in [3.63, 3.8) is 0 Å². The van der Waals surface area contributed by atoms with E-state index in [1.165, 1.54) is 0 Å². The van der Waals surface area contributed by atoms with Gasteiger partial charge in [0.15, 0.2) is 0 Å². The van der Waals surface area contributed by atoms with Crippen LogP contribution in [0.25, 0.3) is 0 Å². The summed E-state index contributed by atoms with van der Waals surface area (Å²) in [7, 11) is 0. The molecule has 0 aromatic carbocycles. The van der Waals surface area contributed by atoms with E-state index in [4.69, 9.17) is 11.5 Å². The van der Waals surface area contributed by atoms with Crippen molar-refractivity contribution in [1.82, 2.24) is 0 Å². The molecule has 15 heavy (non-hydrogen) atoms. The van der Waals surface area contributed by atoms with Crippen molar-refractivity contribution < 1.29 is 0 Å². The average Bonchev–Trinajstić information content (AvgIpc) is 2.01. The van der Waals surface area contributed by atoms with Gasteiger partial charge in [0.1, 0.15) is 0 Å². The Bertz CT molecular complexity index is 227. The van der Waals surface area contributed by atoms with E-state index >= 15 is 0 Å². The first-order valence-electron chi connectivity index (χ1n) is 5.14. The molecule has 0 heterocycles. The Hall–Kier alpha value is 0.880. The monoisotopic (exact) mass is 342 g/mol. The van der Waals surface area contributed by atoms with Gasteiger partial charge in [-0.1, -0.05) is 59.6 Å². The first-order chi connectivity index (χ1) is 6.31. The normalized spacial score (nSPS) is 18.8. The van der Waals surface area contributed by atoms with Gasteiger partial charge in [-0.15, -0.1) is 0 Å². The van der Waals surface area contributed by atoms with E-state index in [-0.39, 0.29) is 15.2 Å². The number of halogens is 2. The van der Waals surface area contributed by atoms with Crippen molar-refractivity contribution >= 4 is 31.9 Å². The van der Waals surface area contributed by atoms with Gasteiger partial charge in [0.25, 0.3) is 0 Å². The van der Waals surface area contributed by atoms with E-state index in [0.29, 0.717) is 0 Å². The Morgan fingerprint density at radius 2 is 1.20 bits per heavy atom. The minimum atomic E-state index is -0.715. The van der Waals surface area contributed by atoms with Gasteiger partial charge in [0, 0.05) is 15.1 Å². The summed E-state index contributed by atoms with van der Waals surface area (Å²) in [6.07, 6.45) is 0. The molecule has 4 N–H and O–H groups in total. The third-order valence-corrected chi connectivity index (χ3v) is 7.61. The van der Waals surface area contributed by atoms with Gasteiger partial charge in [-0.25, -0.2) is 0 Å². The van der Waals surface area contributed by atoms with Crippen molar-refractivity contribution in [2.45, 2.75) is 51.5 Å². The fourth-order valence-corrected chi connectivity index (χ4v) is 2.69. The molecule has 1 atom stereocenters. The summed E-state index contributed by atoms with van der Waals surface area (Å²) >= 11 is 7.31. The lowest BCUT2D eigenvalue weighted by Gasteiger charge is -2.55. The van der Waals surface area contributed by atoms with Crippen LogP contribution in [0.4, 0.5) is 0 Å². The summed E-state index contributed by atoms with van der Waals surface area (Å²) in [5.74, 6) is 0. The van der Waals surface area contributed by atoms with Crippen LogP contribution in [0.15, 0.2) is 0 Å². The molecule has 0 amide bonds. The highest BCUT2D eigenvalue weighted by Gasteiger charge is 2.54. The second-order valence-corrected chi connectivity index (χ2v) is 8.17. The van der Waals surface area contributed by atoms with Gasteiger partial charge in [0.2, 0.25) is 0 Å². The zero-order valence-electron chi connectivity index (χ0n) is 10.6. The number of alkyl halides is 2. The molecular weight excluding hydrogens is 320 g/mol. The lowest BCUT2D eigenvalue weighted by molar-refractivity contribution is 0.00896. The Labute approximate surface area is 111 Å². The molecule has 2 nitrogen and oxygen atoms in total. The molecule has 0 rings (SSSR count). The number of nitrogens with two attached hydrogens (primary N) is 2. The van der Waals surface area contributed by atoms with E-state index in [1.807, 2.05) is 6.92 Å². The van der Waals surface area contributed by atoms with Gasteiger partial charge >= 0.3 is 0 Å². The Morgan fingerprint density at radius 1 is 0.867 bits per heavy atom. The predicted molar refractivity (Wildman–Crippen MR) is 75.5 cm³/mol. The lowest BCUT2D eigenvalue weighted by atomic mass is 9.57. The number of rotatable bonds is 4. The minimum Gasteiger partial charge on any atom is -0.313 e. The topological polar surface area (TPSA) is 52.0 Å². The second kappa shape index (κ2) is 4.28. The maximum atomic E-state index is 6.09. The molecule has 0 aliphatic carbocycles. The number of hydrogen-bond donors (Lipinski definition) is 2. The molecule has 0 aliphatic rings. The first kappa shape index (κ1) is 15.9. The van der Waals surface area contributed by atoms with Crippen molar-refractivity contribution in [2.75, 3.05) is 5.33 Å². The van der Waals surface area contributed by atoms with Gasteiger partial charge in [-0.2, -0.15) is 0 Å². The summed E-state index contributed by atoms with van der Waals surface area (Å²) in [5, 5.41) is 0.854. The molecular formula is C11H24Br2N2. The molecule has 0 aromatic heterocycles. The van der Waals surface area contributed by atoms with E-state index in [2.05, 4.69) is 66.5 Å². The van der Waals surface area contributed by atoms with Gasteiger partial charge in [0.05, 0.1) is 5.66 Å².